The van der Waals surface area contributed by atoms with E-state index in [0.29, 0.717) is 12.3 Å². The minimum absolute atomic E-state index is 0. The molecule has 106 valence electrons. The second-order valence-corrected chi connectivity index (χ2v) is 4.92. The number of halogens is 1. The molecule has 19 heavy (non-hydrogen) atoms. The summed E-state index contributed by atoms with van der Waals surface area (Å²) in [6.45, 7) is 2.39. The summed E-state index contributed by atoms with van der Waals surface area (Å²) in [4.78, 5) is 13.8. The highest BCUT2D eigenvalue weighted by atomic mass is 35.5. The molecule has 1 atom stereocenters. The van der Waals surface area contributed by atoms with Crippen LogP contribution in [0.25, 0.3) is 0 Å². The Bertz CT molecular complexity index is 402. The highest BCUT2D eigenvalue weighted by molar-refractivity contribution is 5.85. The van der Waals surface area contributed by atoms with Crippen molar-refractivity contribution in [1.29, 1.82) is 0 Å². The lowest BCUT2D eigenvalue weighted by Crippen LogP contribution is -2.33. The number of ether oxygens (including phenoxy) is 1. The minimum Gasteiger partial charge on any atom is -0.399 e. The lowest BCUT2D eigenvalue weighted by molar-refractivity contribution is -0.129. The van der Waals surface area contributed by atoms with Crippen molar-refractivity contribution in [2.45, 2.75) is 12.8 Å². The van der Waals surface area contributed by atoms with Crippen molar-refractivity contribution in [3.8, 4) is 0 Å². The number of benzene rings is 1. The Morgan fingerprint density at radius 3 is 2.68 bits per heavy atom. The number of carbonyl (C=O) groups is 1. The summed E-state index contributed by atoms with van der Waals surface area (Å²) in [7, 11) is 1.86. The molecule has 1 aliphatic heterocycles. The van der Waals surface area contributed by atoms with E-state index in [-0.39, 0.29) is 18.3 Å². The van der Waals surface area contributed by atoms with Gasteiger partial charge < -0.3 is 15.4 Å². The quantitative estimate of drug-likeness (QED) is 0.857. The number of nitrogen functional groups attached to an aromatic ring is 1. The van der Waals surface area contributed by atoms with Crippen molar-refractivity contribution in [2.75, 3.05) is 32.5 Å². The topological polar surface area (TPSA) is 55.6 Å². The molecule has 1 unspecified atom stereocenters. The van der Waals surface area contributed by atoms with Gasteiger partial charge in [0.25, 0.3) is 0 Å². The third kappa shape index (κ3) is 4.73. The van der Waals surface area contributed by atoms with E-state index < -0.39 is 0 Å². The molecule has 0 aliphatic carbocycles. The molecular formula is C14H21ClN2O2. The molecule has 1 aromatic rings. The first-order valence-corrected chi connectivity index (χ1v) is 6.31. The Labute approximate surface area is 120 Å². The van der Waals surface area contributed by atoms with Gasteiger partial charge in [-0.1, -0.05) is 12.1 Å². The van der Waals surface area contributed by atoms with Crippen LogP contribution in [-0.2, 0) is 16.0 Å². The van der Waals surface area contributed by atoms with E-state index in [0.717, 1.165) is 37.4 Å². The lowest BCUT2D eigenvalue weighted by atomic mass is 10.1. The van der Waals surface area contributed by atoms with Crippen molar-refractivity contribution in [2.24, 2.45) is 5.92 Å². The molecule has 0 spiro atoms. The number of likely N-dealkylation sites (N-methyl/N-ethyl adjacent to an activating group) is 1. The van der Waals surface area contributed by atoms with Crippen LogP contribution in [0.1, 0.15) is 12.0 Å². The van der Waals surface area contributed by atoms with E-state index in [1.165, 1.54) is 0 Å². The minimum atomic E-state index is 0. The summed E-state index contributed by atoms with van der Waals surface area (Å²) < 4.78 is 5.32. The number of nitrogens with zero attached hydrogens (tertiary/aromatic N) is 1. The average Bonchev–Trinajstić information content (AvgIpc) is 2.85. The molecule has 0 saturated carbocycles. The first kappa shape index (κ1) is 15.8. The summed E-state index contributed by atoms with van der Waals surface area (Å²) in [5, 5.41) is 0. The van der Waals surface area contributed by atoms with Gasteiger partial charge in [-0.3, -0.25) is 4.79 Å². The Morgan fingerprint density at radius 2 is 2.11 bits per heavy atom. The van der Waals surface area contributed by atoms with Gasteiger partial charge in [-0.25, -0.2) is 0 Å². The molecule has 5 heteroatoms. The van der Waals surface area contributed by atoms with Gasteiger partial charge in [0.1, 0.15) is 0 Å². The summed E-state index contributed by atoms with van der Waals surface area (Å²) in [6, 6.07) is 7.46. The van der Waals surface area contributed by atoms with Crippen LogP contribution in [0.5, 0.6) is 0 Å². The second kappa shape index (κ2) is 7.36. The predicted octanol–water partition coefficient (Wildman–Crippen LogP) is 1.73. The van der Waals surface area contributed by atoms with Crippen molar-refractivity contribution in [1.82, 2.24) is 4.90 Å². The molecule has 1 aromatic carbocycles. The molecule has 4 nitrogen and oxygen atoms in total. The maximum Gasteiger partial charge on any atom is 0.226 e. The number of hydrogen-bond donors (Lipinski definition) is 1. The summed E-state index contributed by atoms with van der Waals surface area (Å²) in [5.74, 6) is 0.636. The maximum atomic E-state index is 12.0. The van der Waals surface area contributed by atoms with Gasteiger partial charge in [-0.05, 0) is 24.1 Å². The summed E-state index contributed by atoms with van der Waals surface area (Å²) in [5.41, 5.74) is 7.35. The van der Waals surface area contributed by atoms with Crippen molar-refractivity contribution >= 4 is 24.0 Å². The number of hydrogen-bond acceptors (Lipinski definition) is 3. The van der Waals surface area contributed by atoms with E-state index >= 15 is 0 Å². The zero-order valence-corrected chi connectivity index (χ0v) is 12.0. The third-order valence-electron chi connectivity index (χ3n) is 3.32. The normalized spacial score (nSPS) is 17.8. The van der Waals surface area contributed by atoms with Crippen LogP contribution < -0.4 is 5.73 Å². The van der Waals surface area contributed by atoms with Crippen LogP contribution >= 0.6 is 12.4 Å². The van der Waals surface area contributed by atoms with Crippen LogP contribution in [0.4, 0.5) is 5.69 Å². The van der Waals surface area contributed by atoms with E-state index in [1.807, 2.05) is 31.3 Å². The maximum absolute atomic E-state index is 12.0. The van der Waals surface area contributed by atoms with Crippen LogP contribution in [0.2, 0.25) is 0 Å². The molecule has 1 heterocycles. The average molecular weight is 285 g/mol. The van der Waals surface area contributed by atoms with E-state index in [9.17, 15) is 4.79 Å². The highest BCUT2D eigenvalue weighted by Crippen LogP contribution is 2.14. The SMILES string of the molecule is CN(CC1CCOC1)C(=O)Cc1ccc(N)cc1.Cl. The molecule has 2 rings (SSSR count). The number of anilines is 1. The molecule has 0 radical (unpaired) electrons. The van der Waals surface area contributed by atoms with Crippen molar-refractivity contribution in [3.05, 3.63) is 29.8 Å². The number of nitrogens with two attached hydrogens (primary N) is 1. The van der Waals surface area contributed by atoms with Crippen LogP contribution in [-0.4, -0.2) is 37.6 Å². The largest absolute Gasteiger partial charge is 0.399 e. The van der Waals surface area contributed by atoms with Crippen LogP contribution in [0, 0.1) is 5.92 Å². The van der Waals surface area contributed by atoms with Crippen LogP contribution in [0.3, 0.4) is 0 Å². The van der Waals surface area contributed by atoms with Gasteiger partial charge in [0.2, 0.25) is 5.91 Å². The van der Waals surface area contributed by atoms with Gasteiger partial charge in [0.05, 0.1) is 13.0 Å². The first-order valence-electron chi connectivity index (χ1n) is 6.31. The molecule has 1 saturated heterocycles. The van der Waals surface area contributed by atoms with Crippen molar-refractivity contribution in [3.63, 3.8) is 0 Å². The van der Waals surface area contributed by atoms with E-state index in [1.54, 1.807) is 4.90 Å². The van der Waals surface area contributed by atoms with Gasteiger partial charge in [-0.15, -0.1) is 12.4 Å². The standard InChI is InChI=1S/C14H20N2O2.ClH/c1-16(9-12-6-7-18-10-12)14(17)8-11-2-4-13(15)5-3-11;/h2-5,12H,6-10,15H2,1H3;1H. The second-order valence-electron chi connectivity index (χ2n) is 4.92. The molecule has 2 N–H and O–H groups in total. The van der Waals surface area contributed by atoms with Gasteiger partial charge in [0.15, 0.2) is 0 Å². The fourth-order valence-corrected chi connectivity index (χ4v) is 2.16. The van der Waals surface area contributed by atoms with Crippen LogP contribution in [0.15, 0.2) is 24.3 Å². The Kier molecular flexibility index (Phi) is 6.12. The van der Waals surface area contributed by atoms with Crippen molar-refractivity contribution < 1.29 is 9.53 Å². The Balaban J connectivity index is 0.00000180. The first-order chi connectivity index (χ1) is 8.65. The van der Waals surface area contributed by atoms with E-state index in [4.69, 9.17) is 10.5 Å². The lowest BCUT2D eigenvalue weighted by Gasteiger charge is -2.20. The smallest absolute Gasteiger partial charge is 0.226 e. The number of rotatable bonds is 4. The zero-order chi connectivity index (χ0) is 13.0. The van der Waals surface area contributed by atoms with Gasteiger partial charge >= 0.3 is 0 Å². The fourth-order valence-electron chi connectivity index (χ4n) is 2.16. The predicted molar refractivity (Wildman–Crippen MR) is 78.4 cm³/mol. The zero-order valence-electron chi connectivity index (χ0n) is 11.2. The Hall–Kier alpha value is -1.26. The number of carbonyl (C=O) groups excluding carboxylic acids is 1. The van der Waals surface area contributed by atoms with E-state index in [2.05, 4.69) is 0 Å². The third-order valence-corrected chi connectivity index (χ3v) is 3.32. The molecular weight excluding hydrogens is 264 g/mol. The molecule has 1 amide bonds. The van der Waals surface area contributed by atoms with Gasteiger partial charge in [-0.2, -0.15) is 0 Å². The number of amides is 1. The summed E-state index contributed by atoms with van der Waals surface area (Å²) >= 11 is 0. The fraction of sp³-hybridized carbons (Fsp3) is 0.500. The molecule has 0 bridgehead atoms. The van der Waals surface area contributed by atoms with Gasteiger partial charge in [0, 0.05) is 31.8 Å². The molecule has 1 aliphatic rings. The molecule has 1 fully saturated rings. The molecule has 0 aromatic heterocycles. The highest BCUT2D eigenvalue weighted by Gasteiger charge is 2.19. The summed E-state index contributed by atoms with van der Waals surface area (Å²) in [6.07, 6.45) is 1.49. The monoisotopic (exact) mass is 284 g/mol. The Morgan fingerprint density at radius 1 is 1.42 bits per heavy atom.